The van der Waals surface area contributed by atoms with Crippen LogP contribution in [0.4, 0.5) is 0 Å². The molecule has 4 aromatic rings. The SMILES string of the molecule is Cc1ccc(C(C)(C)C)cc1S(=O)(=O)NC(=[NH+]C(c1ccccc1)c1ccccc1)c1ccccc1. The van der Waals surface area contributed by atoms with Crippen molar-refractivity contribution in [2.45, 2.75) is 44.0 Å². The summed E-state index contributed by atoms with van der Waals surface area (Å²) in [4.78, 5) is 3.80. The van der Waals surface area contributed by atoms with E-state index in [-0.39, 0.29) is 16.4 Å². The summed E-state index contributed by atoms with van der Waals surface area (Å²) in [5.41, 5.74) is 4.31. The van der Waals surface area contributed by atoms with Crippen LogP contribution in [0.15, 0.2) is 114 Å². The molecule has 184 valence electrons. The van der Waals surface area contributed by atoms with Gasteiger partial charge >= 0.3 is 10.0 Å². The molecule has 0 heterocycles. The third-order valence-electron chi connectivity index (χ3n) is 6.20. The normalized spacial score (nSPS) is 12.5. The first-order valence-electron chi connectivity index (χ1n) is 12.1. The Kier molecular flexibility index (Phi) is 7.41. The van der Waals surface area contributed by atoms with Crippen LogP contribution in [0.25, 0.3) is 0 Å². The van der Waals surface area contributed by atoms with E-state index in [4.69, 9.17) is 0 Å². The van der Waals surface area contributed by atoms with Gasteiger partial charge in [-0.05, 0) is 41.7 Å². The number of sulfonamides is 1. The fourth-order valence-electron chi connectivity index (χ4n) is 4.12. The predicted molar refractivity (Wildman–Crippen MR) is 146 cm³/mol. The largest absolute Gasteiger partial charge is 0.329 e. The van der Waals surface area contributed by atoms with Gasteiger partial charge in [-0.3, -0.25) is 4.99 Å². The smallest absolute Gasteiger partial charge is 0.262 e. The van der Waals surface area contributed by atoms with E-state index in [1.165, 1.54) is 0 Å². The van der Waals surface area contributed by atoms with Crippen molar-refractivity contribution in [2.24, 2.45) is 0 Å². The maximum absolute atomic E-state index is 13.8. The molecule has 0 atom stereocenters. The molecule has 0 aliphatic carbocycles. The molecule has 0 saturated carbocycles. The molecule has 0 aliphatic rings. The van der Waals surface area contributed by atoms with E-state index >= 15 is 0 Å². The van der Waals surface area contributed by atoms with Crippen molar-refractivity contribution in [1.29, 1.82) is 0 Å². The molecule has 4 nitrogen and oxygen atoms in total. The highest BCUT2D eigenvalue weighted by Crippen LogP contribution is 2.26. The summed E-state index contributed by atoms with van der Waals surface area (Å²) in [7, 11) is -3.88. The number of benzene rings is 4. The van der Waals surface area contributed by atoms with Crippen LogP contribution in [0.1, 0.15) is 54.6 Å². The van der Waals surface area contributed by atoms with Gasteiger partial charge in [0, 0.05) is 11.1 Å². The number of rotatable bonds is 6. The molecule has 0 radical (unpaired) electrons. The Morgan fingerprint density at radius 2 is 1.25 bits per heavy atom. The lowest BCUT2D eigenvalue weighted by Crippen LogP contribution is -2.78. The fraction of sp³-hybridized carbons (Fsp3) is 0.194. The monoisotopic (exact) mass is 497 g/mol. The van der Waals surface area contributed by atoms with Crippen molar-refractivity contribution in [1.82, 2.24) is 4.72 Å². The average molecular weight is 498 g/mol. The summed E-state index contributed by atoms with van der Waals surface area (Å²) in [6.45, 7) is 8.06. The summed E-state index contributed by atoms with van der Waals surface area (Å²) in [5.74, 6) is 0.425. The van der Waals surface area contributed by atoms with E-state index in [1.54, 1.807) is 6.07 Å². The zero-order chi connectivity index (χ0) is 25.8. The van der Waals surface area contributed by atoms with Crippen LogP contribution in [-0.4, -0.2) is 14.3 Å². The van der Waals surface area contributed by atoms with Gasteiger partial charge in [-0.2, -0.15) is 13.1 Å². The first kappa shape index (κ1) is 25.4. The van der Waals surface area contributed by atoms with Crippen molar-refractivity contribution in [2.75, 3.05) is 0 Å². The Morgan fingerprint density at radius 1 is 0.750 bits per heavy atom. The quantitative estimate of drug-likeness (QED) is 0.294. The number of aryl methyl sites for hydroxylation is 1. The molecular weight excluding hydrogens is 464 g/mol. The number of amidine groups is 1. The Hall–Kier alpha value is -3.70. The van der Waals surface area contributed by atoms with Gasteiger partial charge in [0.1, 0.15) is 10.9 Å². The second-order valence-corrected chi connectivity index (χ2v) is 11.6. The van der Waals surface area contributed by atoms with Crippen molar-refractivity contribution in [3.05, 3.63) is 137 Å². The van der Waals surface area contributed by atoms with Gasteiger partial charge in [-0.15, -0.1) is 0 Å². The topological polar surface area (TPSA) is 60.1 Å². The molecule has 0 aliphatic heterocycles. The van der Waals surface area contributed by atoms with E-state index in [0.717, 1.165) is 22.3 Å². The average Bonchev–Trinajstić information content (AvgIpc) is 2.87. The lowest BCUT2D eigenvalue weighted by Gasteiger charge is -2.20. The van der Waals surface area contributed by atoms with Gasteiger partial charge in [-0.1, -0.05) is 112 Å². The van der Waals surface area contributed by atoms with Gasteiger partial charge in [0.05, 0.1) is 5.56 Å². The fourth-order valence-corrected chi connectivity index (χ4v) is 5.45. The molecule has 36 heavy (non-hydrogen) atoms. The molecule has 0 spiro atoms. The molecule has 0 aromatic heterocycles. The van der Waals surface area contributed by atoms with Crippen molar-refractivity contribution in [3.63, 3.8) is 0 Å². The van der Waals surface area contributed by atoms with Crippen molar-refractivity contribution < 1.29 is 13.4 Å². The first-order chi connectivity index (χ1) is 17.1. The number of hydrogen-bond acceptors (Lipinski definition) is 2. The molecular formula is C31H33N2O2S+. The minimum Gasteiger partial charge on any atom is -0.262 e. The minimum absolute atomic E-state index is 0.173. The second-order valence-electron chi connectivity index (χ2n) is 9.98. The van der Waals surface area contributed by atoms with E-state index in [0.29, 0.717) is 11.4 Å². The summed E-state index contributed by atoms with van der Waals surface area (Å²) in [5, 5.41) is 0. The highest BCUT2D eigenvalue weighted by molar-refractivity contribution is 7.90. The van der Waals surface area contributed by atoms with Gasteiger partial charge < -0.3 is 0 Å². The van der Waals surface area contributed by atoms with Gasteiger partial charge in [-0.25, -0.2) is 0 Å². The molecule has 0 saturated heterocycles. The van der Waals surface area contributed by atoms with Crippen LogP contribution in [0.2, 0.25) is 0 Å². The highest BCUT2D eigenvalue weighted by Gasteiger charge is 2.29. The molecule has 0 unspecified atom stereocenters. The molecule has 0 amide bonds. The van der Waals surface area contributed by atoms with E-state index < -0.39 is 10.0 Å². The molecule has 2 N–H and O–H groups in total. The molecule has 4 aromatic carbocycles. The van der Waals surface area contributed by atoms with Crippen LogP contribution >= 0.6 is 0 Å². The maximum atomic E-state index is 13.8. The zero-order valence-electron chi connectivity index (χ0n) is 21.2. The van der Waals surface area contributed by atoms with Crippen LogP contribution in [0, 0.1) is 6.92 Å². The van der Waals surface area contributed by atoms with Crippen LogP contribution in [0.3, 0.4) is 0 Å². The minimum atomic E-state index is -3.88. The second kappa shape index (κ2) is 10.5. The van der Waals surface area contributed by atoms with E-state index in [9.17, 15) is 8.42 Å². The third kappa shape index (κ3) is 5.92. The van der Waals surface area contributed by atoms with Crippen LogP contribution in [-0.2, 0) is 15.4 Å². The van der Waals surface area contributed by atoms with Crippen LogP contribution in [0.5, 0.6) is 0 Å². The van der Waals surface area contributed by atoms with Gasteiger partial charge in [0.2, 0.25) is 0 Å². The molecule has 0 fully saturated rings. The Bertz CT molecular complexity index is 1400. The lowest BCUT2D eigenvalue weighted by atomic mass is 9.87. The molecule has 0 bridgehead atoms. The third-order valence-corrected chi connectivity index (χ3v) is 7.69. The predicted octanol–water partition coefficient (Wildman–Crippen LogP) is 4.89. The Labute approximate surface area is 214 Å². The van der Waals surface area contributed by atoms with E-state index in [2.05, 4.69) is 30.5 Å². The molecule has 5 heteroatoms. The van der Waals surface area contributed by atoms with E-state index in [1.807, 2.05) is 110 Å². The lowest BCUT2D eigenvalue weighted by molar-refractivity contribution is -0.498. The summed E-state index contributed by atoms with van der Waals surface area (Å²) in [6.07, 6.45) is 0. The Morgan fingerprint density at radius 3 is 1.75 bits per heavy atom. The van der Waals surface area contributed by atoms with Gasteiger partial charge in [0.25, 0.3) is 5.84 Å². The summed E-state index contributed by atoms with van der Waals surface area (Å²) < 4.78 is 30.5. The van der Waals surface area contributed by atoms with Crippen molar-refractivity contribution >= 4 is 15.9 Å². The van der Waals surface area contributed by atoms with Crippen LogP contribution < -0.4 is 9.71 Å². The maximum Gasteiger partial charge on any atom is 0.329 e. The number of nitrogens with one attached hydrogen (secondary N) is 2. The zero-order valence-corrected chi connectivity index (χ0v) is 22.0. The number of hydrogen-bond donors (Lipinski definition) is 2. The van der Waals surface area contributed by atoms with Gasteiger partial charge in [0.15, 0.2) is 0 Å². The Balaban J connectivity index is 1.85. The first-order valence-corrected chi connectivity index (χ1v) is 13.6. The highest BCUT2D eigenvalue weighted by atomic mass is 32.2. The summed E-state index contributed by atoms with van der Waals surface area (Å²) in [6, 6.07) is 35.0. The summed E-state index contributed by atoms with van der Waals surface area (Å²) >= 11 is 0. The standard InChI is InChI=1S/C31H32N2O2S/c1-23-20-21-27(31(2,3)4)22-28(23)36(34,35)33-30(26-18-12-7-13-19-26)32-29(24-14-8-5-9-15-24)25-16-10-6-11-17-25/h5-22,29H,1-4H3,(H,32,33)/p+1. The van der Waals surface area contributed by atoms with Crippen molar-refractivity contribution in [3.8, 4) is 0 Å². The molecule has 4 rings (SSSR count).